The highest BCUT2D eigenvalue weighted by atomic mass is 16.6. The lowest BCUT2D eigenvalue weighted by Crippen LogP contribution is -2.39. The van der Waals surface area contributed by atoms with Gasteiger partial charge in [0, 0.05) is 0 Å². The molecule has 0 aliphatic carbocycles. The van der Waals surface area contributed by atoms with Crippen LogP contribution in [0.25, 0.3) is 0 Å². The third-order valence-electron chi connectivity index (χ3n) is 1.50. The van der Waals surface area contributed by atoms with Crippen LogP contribution in [0, 0.1) is 28.1 Å². The van der Waals surface area contributed by atoms with Crippen LogP contribution in [-0.2, 0) is 19.1 Å². The van der Waals surface area contributed by atoms with E-state index in [2.05, 4.69) is 9.47 Å². The molecule has 0 saturated carbocycles. The van der Waals surface area contributed by atoms with Crippen molar-refractivity contribution < 1.29 is 19.1 Å². The maximum atomic E-state index is 11.3. The van der Waals surface area contributed by atoms with E-state index in [4.69, 9.17) is 10.5 Å². The van der Waals surface area contributed by atoms with Gasteiger partial charge in [0.05, 0.1) is 13.2 Å². The quantitative estimate of drug-likeness (QED) is 0.540. The van der Waals surface area contributed by atoms with Crippen molar-refractivity contribution in [2.75, 3.05) is 13.2 Å². The molecule has 0 amide bonds. The molecule has 0 rings (SSSR count). The Kier molecular flexibility index (Phi) is 9.34. The van der Waals surface area contributed by atoms with E-state index in [0.29, 0.717) is 0 Å². The molecule has 0 radical (unpaired) electrons. The Morgan fingerprint density at radius 3 is 1.47 bits per heavy atom. The predicted molar refractivity (Wildman–Crippen MR) is 58.3 cm³/mol. The normalized spacial score (nSPS) is 8.82. The average Bonchev–Trinajstić information content (AvgIpc) is 2.34. The smallest absolute Gasteiger partial charge is 0.353 e. The molecular formula is C11H16N2O4. The Hall–Kier alpha value is -2.08. The van der Waals surface area contributed by atoms with Gasteiger partial charge >= 0.3 is 17.4 Å². The molecular weight excluding hydrogens is 224 g/mol. The zero-order valence-electron chi connectivity index (χ0n) is 10.4. The van der Waals surface area contributed by atoms with Gasteiger partial charge in [0.25, 0.3) is 0 Å². The van der Waals surface area contributed by atoms with E-state index in [9.17, 15) is 9.59 Å². The van der Waals surface area contributed by atoms with Crippen LogP contribution < -0.4 is 0 Å². The fourth-order valence-electron chi connectivity index (χ4n) is 0.770. The van der Waals surface area contributed by atoms with Gasteiger partial charge in [-0.25, -0.2) is 9.59 Å². The highest BCUT2D eigenvalue weighted by molar-refractivity contribution is 6.06. The van der Waals surface area contributed by atoms with Crippen molar-refractivity contribution >= 4 is 11.9 Å². The molecule has 0 bridgehead atoms. The van der Waals surface area contributed by atoms with E-state index < -0.39 is 17.4 Å². The maximum Gasteiger partial charge on any atom is 0.353 e. The average molecular weight is 240 g/mol. The number of ether oxygens (including phenoxy) is 2. The molecule has 0 unspecified atom stereocenters. The number of carbonyl (C=O) groups excluding carboxylic acids is 2. The molecule has 0 aromatic rings. The molecule has 0 saturated heterocycles. The number of hydrogen-bond donors (Lipinski definition) is 0. The topological polar surface area (TPSA) is 100 Å². The minimum atomic E-state index is -2.51. The Balaban J connectivity index is 0. The molecule has 0 heterocycles. The molecule has 0 aromatic heterocycles. The monoisotopic (exact) mass is 240 g/mol. The van der Waals surface area contributed by atoms with Crippen molar-refractivity contribution in [3.8, 4) is 12.1 Å². The number of rotatable bonds is 4. The first-order valence-electron chi connectivity index (χ1n) is 5.26. The van der Waals surface area contributed by atoms with Gasteiger partial charge < -0.3 is 9.47 Å². The Morgan fingerprint density at radius 1 is 1.00 bits per heavy atom. The third kappa shape index (κ3) is 4.12. The van der Waals surface area contributed by atoms with Crippen molar-refractivity contribution in [2.24, 2.45) is 5.41 Å². The van der Waals surface area contributed by atoms with Gasteiger partial charge in [-0.2, -0.15) is 10.5 Å². The molecule has 0 N–H and O–H groups in total. The molecule has 0 aromatic carbocycles. The lowest BCUT2D eigenvalue weighted by Gasteiger charge is -2.14. The van der Waals surface area contributed by atoms with E-state index in [0.717, 1.165) is 0 Å². The van der Waals surface area contributed by atoms with Gasteiger partial charge in [0.1, 0.15) is 12.1 Å². The lowest BCUT2D eigenvalue weighted by molar-refractivity contribution is -0.163. The van der Waals surface area contributed by atoms with Crippen LogP contribution in [-0.4, -0.2) is 25.2 Å². The fourth-order valence-corrected chi connectivity index (χ4v) is 0.770. The first-order valence-corrected chi connectivity index (χ1v) is 5.26. The summed E-state index contributed by atoms with van der Waals surface area (Å²) < 4.78 is 8.94. The van der Waals surface area contributed by atoms with Crippen LogP contribution in [0.1, 0.15) is 27.7 Å². The second-order valence-corrected chi connectivity index (χ2v) is 2.41. The van der Waals surface area contributed by atoms with E-state index >= 15 is 0 Å². The van der Waals surface area contributed by atoms with E-state index in [1.807, 2.05) is 13.8 Å². The summed E-state index contributed by atoms with van der Waals surface area (Å²) in [5.74, 6) is -2.40. The van der Waals surface area contributed by atoms with E-state index in [1.54, 1.807) is 0 Å². The van der Waals surface area contributed by atoms with Crippen LogP contribution in [0.5, 0.6) is 0 Å². The highest BCUT2D eigenvalue weighted by Crippen LogP contribution is 2.19. The molecule has 6 nitrogen and oxygen atoms in total. The first-order chi connectivity index (χ1) is 8.08. The van der Waals surface area contributed by atoms with Crippen molar-refractivity contribution in [2.45, 2.75) is 27.7 Å². The van der Waals surface area contributed by atoms with Crippen LogP contribution in [0.15, 0.2) is 0 Å². The van der Waals surface area contributed by atoms with Crippen LogP contribution in [0.2, 0.25) is 0 Å². The number of nitrogens with zero attached hydrogens (tertiary/aromatic N) is 2. The molecule has 0 spiro atoms. The summed E-state index contributed by atoms with van der Waals surface area (Å²) >= 11 is 0. The number of hydrogen-bond acceptors (Lipinski definition) is 6. The Labute approximate surface area is 101 Å². The molecule has 17 heavy (non-hydrogen) atoms. The highest BCUT2D eigenvalue weighted by Gasteiger charge is 2.50. The summed E-state index contributed by atoms with van der Waals surface area (Å²) in [4.78, 5) is 22.6. The van der Waals surface area contributed by atoms with Gasteiger partial charge in [0.15, 0.2) is 0 Å². The minimum absolute atomic E-state index is 0.0245. The molecule has 0 aliphatic heterocycles. The predicted octanol–water partition coefficient (Wildman–Crippen LogP) is 1.17. The fraction of sp³-hybridized carbons (Fsp3) is 0.636. The summed E-state index contributed by atoms with van der Waals surface area (Å²) in [6, 6.07) is 2.65. The minimum Gasteiger partial charge on any atom is -0.464 e. The van der Waals surface area contributed by atoms with Crippen LogP contribution in [0.3, 0.4) is 0 Å². The maximum absolute atomic E-state index is 11.3. The summed E-state index contributed by atoms with van der Waals surface area (Å²) in [6.07, 6.45) is 0. The van der Waals surface area contributed by atoms with Crippen molar-refractivity contribution in [1.82, 2.24) is 0 Å². The molecule has 0 fully saturated rings. The number of nitriles is 2. The Bertz CT molecular complexity index is 304. The van der Waals surface area contributed by atoms with Gasteiger partial charge in [0.2, 0.25) is 0 Å². The van der Waals surface area contributed by atoms with E-state index in [-0.39, 0.29) is 13.2 Å². The summed E-state index contributed by atoms with van der Waals surface area (Å²) in [5, 5.41) is 17.4. The van der Waals surface area contributed by atoms with Crippen LogP contribution >= 0.6 is 0 Å². The van der Waals surface area contributed by atoms with Gasteiger partial charge in [-0.05, 0) is 13.8 Å². The van der Waals surface area contributed by atoms with Crippen molar-refractivity contribution in [3.05, 3.63) is 0 Å². The third-order valence-corrected chi connectivity index (χ3v) is 1.50. The molecule has 0 aliphatic rings. The first kappa shape index (κ1) is 17.3. The number of carbonyl (C=O) groups is 2. The zero-order chi connectivity index (χ0) is 13.9. The van der Waals surface area contributed by atoms with E-state index in [1.165, 1.54) is 26.0 Å². The lowest BCUT2D eigenvalue weighted by atomic mass is 9.92. The molecule has 0 atom stereocenters. The summed E-state index contributed by atoms with van der Waals surface area (Å²) in [5.41, 5.74) is -2.51. The largest absolute Gasteiger partial charge is 0.464 e. The van der Waals surface area contributed by atoms with Crippen LogP contribution in [0.4, 0.5) is 0 Å². The molecule has 94 valence electrons. The van der Waals surface area contributed by atoms with Crippen molar-refractivity contribution in [3.63, 3.8) is 0 Å². The summed E-state index contributed by atoms with van der Waals surface area (Å²) in [6.45, 7) is 6.96. The van der Waals surface area contributed by atoms with Gasteiger partial charge in [-0.15, -0.1) is 0 Å². The van der Waals surface area contributed by atoms with Crippen molar-refractivity contribution in [1.29, 1.82) is 10.5 Å². The SMILES string of the molecule is CC.CCOC(=O)C(C#N)(C#N)C(=O)OCC. The molecule has 6 heteroatoms. The second-order valence-electron chi connectivity index (χ2n) is 2.41. The standard InChI is InChI=1S/C9H10N2O4.C2H6/c1-3-14-7(12)9(5-10,6-11)8(13)15-4-2;1-2/h3-4H2,1-2H3;1-2H3. The summed E-state index contributed by atoms with van der Waals surface area (Å²) in [7, 11) is 0. The zero-order valence-corrected chi connectivity index (χ0v) is 10.4. The Morgan fingerprint density at radius 2 is 1.29 bits per heavy atom. The van der Waals surface area contributed by atoms with Gasteiger partial charge in [-0.3, -0.25) is 0 Å². The van der Waals surface area contributed by atoms with Gasteiger partial charge in [-0.1, -0.05) is 13.8 Å². The second kappa shape index (κ2) is 9.17. The number of esters is 2.